The first-order valence-electron chi connectivity index (χ1n) is 39.3. The molecule has 0 aliphatic carbocycles. The molecule has 3 aliphatic heterocycles. The predicted octanol–water partition coefficient (Wildman–Crippen LogP) is -2.77. The average molecular weight is 1640 g/mol. The fourth-order valence-electron chi connectivity index (χ4n) is 13.6. The highest BCUT2D eigenvalue weighted by atomic mass is 16.4. The van der Waals surface area contributed by atoms with Gasteiger partial charge in [0.2, 0.25) is 88.6 Å². The zero-order chi connectivity index (χ0) is 87.1. The summed E-state index contributed by atoms with van der Waals surface area (Å²) >= 11 is 0. The van der Waals surface area contributed by atoms with Crippen molar-refractivity contribution in [3.05, 3.63) is 29.8 Å². The van der Waals surface area contributed by atoms with Crippen molar-refractivity contribution >= 4 is 112 Å². The Labute approximate surface area is 672 Å². The molecule has 0 unspecified atom stereocenters. The topological polar surface area (TPSA) is 620 Å². The van der Waals surface area contributed by atoms with E-state index in [0.717, 1.165) is 9.80 Å². The van der Waals surface area contributed by atoms with Crippen molar-refractivity contribution < 1.29 is 117 Å². The zero-order valence-corrected chi connectivity index (χ0v) is 67.5. The van der Waals surface area contributed by atoms with Crippen LogP contribution in [0.3, 0.4) is 0 Å². The van der Waals surface area contributed by atoms with Gasteiger partial charge in [0.15, 0.2) is 0 Å². The molecule has 3 fully saturated rings. The molecule has 0 spiro atoms. The average Bonchev–Trinajstić information content (AvgIpc) is 1.63. The molecule has 40 heteroatoms. The number of rotatable bonds is 48. The van der Waals surface area contributed by atoms with Crippen LogP contribution in [-0.2, 0) is 97.5 Å². The van der Waals surface area contributed by atoms with Crippen LogP contribution in [-0.4, -0.2) is 264 Å². The zero-order valence-electron chi connectivity index (χ0n) is 67.5. The van der Waals surface area contributed by atoms with E-state index in [2.05, 4.69) is 58.5 Å². The Morgan fingerprint density at radius 2 is 0.845 bits per heavy atom. The molecule has 0 aromatic heterocycles. The SMILES string of the molecule is CC[C@H](C)[C@H](NC(=O)[C@H](CCC(=O)O)NC(=O)[C@H](CC(C)C)NC(=O)[C@@H](N)C(C)C)C(=O)NCC(=O)N[C@@H](CC(=O)O)C(=O)N1CCC[C@H]1C(=O)N[C@@H](CCC(=O)O)C(=O)NCC(=O)N1CCC[C@H]1C(=O)N[C@@H](CC(C)C)C(=O)N[C@@H](CC(C)C)C(=O)N1CCC[C@H]1C(=O)N[C@@H](Cc1ccc(O)cc1)C(=O)N[C@@H](CCC(N)=O)C(=O)O. The molecule has 1 aromatic rings. The highest BCUT2D eigenvalue weighted by molar-refractivity contribution is 6.01. The molecule has 3 aliphatic rings. The van der Waals surface area contributed by atoms with Crippen molar-refractivity contribution in [2.24, 2.45) is 41.1 Å². The molecule has 0 radical (unpaired) electrons. The first-order valence-corrected chi connectivity index (χ1v) is 39.3. The van der Waals surface area contributed by atoms with Gasteiger partial charge in [-0.3, -0.25) is 86.3 Å². The number of carbonyl (C=O) groups excluding carboxylic acids is 15. The van der Waals surface area contributed by atoms with Gasteiger partial charge in [0.25, 0.3) is 0 Å². The summed E-state index contributed by atoms with van der Waals surface area (Å²) in [7, 11) is 0. The Bertz CT molecular complexity index is 3690. The van der Waals surface area contributed by atoms with Crippen LogP contribution in [0, 0.1) is 29.6 Å². The van der Waals surface area contributed by atoms with Crippen molar-refractivity contribution in [2.45, 2.75) is 263 Å². The molecular formula is C76H118N16O24. The number of carboxylic acid groups (broad SMARTS) is 4. The fourth-order valence-corrected chi connectivity index (χ4v) is 13.6. The number of hydrogen-bond acceptors (Lipinski definition) is 21. The smallest absolute Gasteiger partial charge is 0.326 e. The predicted molar refractivity (Wildman–Crippen MR) is 412 cm³/mol. The minimum absolute atomic E-state index is 0.00470. The number of carboxylic acids is 4. The number of nitrogens with two attached hydrogens (primary N) is 2. The van der Waals surface area contributed by atoms with Crippen LogP contribution in [0.25, 0.3) is 0 Å². The highest BCUT2D eigenvalue weighted by Gasteiger charge is 2.44. The lowest BCUT2D eigenvalue weighted by Gasteiger charge is -2.32. The third-order valence-corrected chi connectivity index (χ3v) is 20.1. The number of benzene rings is 1. The van der Waals surface area contributed by atoms with Crippen LogP contribution >= 0.6 is 0 Å². The number of carbonyl (C=O) groups is 19. The first-order chi connectivity index (χ1) is 54.4. The van der Waals surface area contributed by atoms with Crippen molar-refractivity contribution in [3.8, 4) is 5.75 Å². The number of likely N-dealkylation sites (tertiary alicyclic amines) is 3. The third-order valence-electron chi connectivity index (χ3n) is 20.1. The van der Waals surface area contributed by atoms with E-state index in [1.54, 1.807) is 69.2 Å². The maximum Gasteiger partial charge on any atom is 0.326 e. The second-order valence-electron chi connectivity index (χ2n) is 31.3. The molecule has 116 heavy (non-hydrogen) atoms. The van der Waals surface area contributed by atoms with E-state index in [1.807, 2.05) is 0 Å². The first kappa shape index (κ1) is 97.3. The monoisotopic (exact) mass is 1640 g/mol. The number of phenols is 1. The molecule has 15 amide bonds. The number of phenolic OH excluding ortho intramolecular Hbond substituents is 1. The van der Waals surface area contributed by atoms with Gasteiger partial charge in [-0.15, -0.1) is 0 Å². The number of primary amides is 1. The van der Waals surface area contributed by atoms with Gasteiger partial charge < -0.3 is 110 Å². The summed E-state index contributed by atoms with van der Waals surface area (Å²) in [5.41, 5.74) is 11.7. The van der Waals surface area contributed by atoms with Gasteiger partial charge in [-0.1, -0.05) is 87.8 Å². The maximum atomic E-state index is 14.7. The van der Waals surface area contributed by atoms with Crippen molar-refractivity contribution in [1.29, 1.82) is 0 Å². The van der Waals surface area contributed by atoms with Crippen LogP contribution in [0.5, 0.6) is 5.75 Å². The molecule has 1 aromatic carbocycles. The Morgan fingerprint density at radius 3 is 1.32 bits per heavy atom. The molecule has 646 valence electrons. The minimum Gasteiger partial charge on any atom is -0.508 e. The lowest BCUT2D eigenvalue weighted by Crippen LogP contribution is -2.60. The largest absolute Gasteiger partial charge is 0.508 e. The molecule has 20 N–H and O–H groups in total. The molecule has 3 heterocycles. The lowest BCUT2D eigenvalue weighted by atomic mass is 9.97. The van der Waals surface area contributed by atoms with E-state index in [4.69, 9.17) is 11.5 Å². The number of nitrogens with one attached hydrogen (secondary N) is 11. The van der Waals surface area contributed by atoms with E-state index in [-0.39, 0.29) is 126 Å². The Morgan fingerprint density at radius 1 is 0.440 bits per heavy atom. The molecule has 4 rings (SSSR count). The van der Waals surface area contributed by atoms with Crippen molar-refractivity contribution in [2.75, 3.05) is 32.7 Å². The molecule has 14 atom stereocenters. The molecule has 0 saturated carbocycles. The van der Waals surface area contributed by atoms with E-state index >= 15 is 0 Å². The highest BCUT2D eigenvalue weighted by Crippen LogP contribution is 2.25. The van der Waals surface area contributed by atoms with Gasteiger partial charge in [-0.05, 0) is 124 Å². The second kappa shape index (κ2) is 47.1. The Hall–Kier alpha value is -11.1. The van der Waals surface area contributed by atoms with Gasteiger partial charge in [0.1, 0.15) is 78.3 Å². The summed E-state index contributed by atoms with van der Waals surface area (Å²) in [6.07, 6.45) is -3.03. The molecule has 3 saturated heterocycles. The number of nitrogens with zero attached hydrogens (tertiary/aromatic N) is 3. The summed E-state index contributed by atoms with van der Waals surface area (Å²) in [5.74, 6) is -20.8. The quantitative estimate of drug-likeness (QED) is 0.0314. The Balaban J connectivity index is 1.44. The van der Waals surface area contributed by atoms with Gasteiger partial charge in [0.05, 0.1) is 25.6 Å². The van der Waals surface area contributed by atoms with Gasteiger partial charge in [-0.2, -0.15) is 0 Å². The summed E-state index contributed by atoms with van der Waals surface area (Å²) < 4.78 is 0. The van der Waals surface area contributed by atoms with Crippen molar-refractivity contribution in [3.63, 3.8) is 0 Å². The normalized spacial score (nSPS) is 18.1. The molecule has 40 nitrogen and oxygen atoms in total. The number of amides is 15. The van der Waals surface area contributed by atoms with Gasteiger partial charge in [0, 0.05) is 45.3 Å². The van der Waals surface area contributed by atoms with Crippen LogP contribution in [0.2, 0.25) is 0 Å². The maximum absolute atomic E-state index is 14.7. The van der Waals surface area contributed by atoms with Gasteiger partial charge in [-0.25, -0.2) is 4.79 Å². The molecule has 0 bridgehead atoms. The summed E-state index contributed by atoms with van der Waals surface area (Å²) in [5, 5.41) is 76.4. The van der Waals surface area contributed by atoms with Crippen LogP contribution in [0.1, 0.15) is 184 Å². The van der Waals surface area contributed by atoms with Crippen LogP contribution in [0.4, 0.5) is 0 Å². The van der Waals surface area contributed by atoms with E-state index in [9.17, 15) is 117 Å². The summed E-state index contributed by atoms with van der Waals surface area (Å²) in [6.45, 7) is 15.4. The van der Waals surface area contributed by atoms with Gasteiger partial charge >= 0.3 is 23.9 Å². The number of aliphatic carboxylic acids is 4. The van der Waals surface area contributed by atoms with Crippen LogP contribution < -0.4 is 70.0 Å². The van der Waals surface area contributed by atoms with E-state index < -0.39 is 242 Å². The van der Waals surface area contributed by atoms with E-state index in [1.165, 1.54) is 29.2 Å². The standard InChI is InChI=1S/C76H118N16O24/c1-11-42(10)63(89-65(104)46(24-27-60(99)100)82-66(105)49(32-39(4)5)87-72(111)62(78)41(8)9)73(112)79-36-57(95)81-52(35-61(101)102)75(114)92-30-13-16-54(92)70(109)83-45(23-26-59(97)98)64(103)80-37-58(96)90-28-12-15-53(90)69(108)85-48(31-38(2)3)67(106)88-51(33-40(6)7)74(113)91-29-14-17-55(91)71(110)86-50(34-43-18-20-44(93)21-19-43)68(107)84-47(76(115)116)22-25-56(77)94/h18-21,38-42,45-55,62-63,93H,11-17,22-37,78H2,1-10H3,(H2,77,94)(H,79,112)(H,80,103)(H,81,95)(H,82,105)(H,83,109)(H,84,107)(H,85,108)(H,86,110)(H,87,111)(H,88,106)(H,89,104)(H,97,98)(H,99,100)(H,101,102)(H,115,116)/t42-,45-,46-,47-,48-,49-,50-,51-,52-,53-,54-,55-,62-,63-/m0/s1. The van der Waals surface area contributed by atoms with E-state index in [0.29, 0.717) is 12.0 Å². The fraction of sp³-hybridized carbons (Fsp3) is 0.671. The third kappa shape index (κ3) is 31.6. The minimum atomic E-state index is -1.88. The number of aromatic hydroxyl groups is 1. The number of hydrogen-bond donors (Lipinski definition) is 18. The summed E-state index contributed by atoms with van der Waals surface area (Å²) in [6, 6.07) is -12.5. The van der Waals surface area contributed by atoms with Crippen LogP contribution in [0.15, 0.2) is 24.3 Å². The van der Waals surface area contributed by atoms with Crippen molar-refractivity contribution in [1.82, 2.24) is 73.2 Å². The summed E-state index contributed by atoms with van der Waals surface area (Å²) in [4.78, 5) is 259. The second-order valence-corrected chi connectivity index (χ2v) is 31.3. The lowest BCUT2D eigenvalue weighted by molar-refractivity contribution is -0.146. The Kier molecular flexibility index (Phi) is 39.5. The molecular weight excluding hydrogens is 1520 g/mol.